The second-order valence-corrected chi connectivity index (χ2v) is 5.71. The maximum atomic E-state index is 12.3. The average Bonchev–Trinajstić information content (AvgIpc) is 3.03. The normalized spacial score (nSPS) is 25.5. The van der Waals surface area contributed by atoms with Gasteiger partial charge in [-0.1, -0.05) is 11.6 Å². The number of carbonyl (C=O) groups is 1. The summed E-state index contributed by atoms with van der Waals surface area (Å²) >= 11 is 5.88. The lowest BCUT2D eigenvalue weighted by Gasteiger charge is -2.21. The summed E-state index contributed by atoms with van der Waals surface area (Å²) in [5.74, 6) is 5.58. The van der Waals surface area contributed by atoms with E-state index in [0.717, 1.165) is 25.9 Å². The van der Waals surface area contributed by atoms with Crippen LogP contribution in [0.1, 0.15) is 29.6 Å². The highest BCUT2D eigenvalue weighted by Gasteiger charge is 2.37. The van der Waals surface area contributed by atoms with E-state index in [0.29, 0.717) is 17.4 Å². The van der Waals surface area contributed by atoms with Gasteiger partial charge in [-0.05, 0) is 37.9 Å². The van der Waals surface area contributed by atoms with Gasteiger partial charge in [-0.2, -0.15) is 0 Å². The molecular formula is C13H18ClN5O. The summed E-state index contributed by atoms with van der Waals surface area (Å²) in [7, 11) is 0. The molecule has 0 radical (unpaired) electrons. The smallest absolute Gasteiger partial charge is 0.251 e. The Hall–Kier alpha value is -1.37. The van der Waals surface area contributed by atoms with Crippen LogP contribution in [0.3, 0.4) is 0 Å². The van der Waals surface area contributed by atoms with Crippen LogP contribution in [0.2, 0.25) is 5.15 Å². The van der Waals surface area contributed by atoms with Crippen molar-refractivity contribution in [3.8, 4) is 0 Å². The van der Waals surface area contributed by atoms with Gasteiger partial charge in [0.2, 0.25) is 0 Å². The van der Waals surface area contributed by atoms with Crippen molar-refractivity contribution in [2.24, 2.45) is 5.84 Å². The molecule has 2 unspecified atom stereocenters. The highest BCUT2D eigenvalue weighted by atomic mass is 35.5. The van der Waals surface area contributed by atoms with Crippen LogP contribution < -0.4 is 16.6 Å². The summed E-state index contributed by atoms with van der Waals surface area (Å²) in [6.45, 7) is 2.22. The number of amides is 1. The lowest BCUT2D eigenvalue weighted by molar-refractivity contribution is 0.0929. The van der Waals surface area contributed by atoms with Crippen molar-refractivity contribution < 1.29 is 4.79 Å². The molecule has 7 heteroatoms. The van der Waals surface area contributed by atoms with E-state index in [2.05, 4.69) is 20.6 Å². The van der Waals surface area contributed by atoms with Crippen LogP contribution in [-0.2, 0) is 0 Å². The van der Waals surface area contributed by atoms with E-state index in [1.165, 1.54) is 6.42 Å². The first-order chi connectivity index (χ1) is 9.67. The molecule has 1 aromatic heterocycles. The van der Waals surface area contributed by atoms with Gasteiger partial charge in [-0.15, -0.1) is 0 Å². The molecule has 0 saturated carbocycles. The number of hydrogen-bond acceptors (Lipinski definition) is 5. The molecule has 2 saturated heterocycles. The Morgan fingerprint density at radius 3 is 3.05 bits per heavy atom. The Morgan fingerprint density at radius 1 is 1.40 bits per heavy atom. The van der Waals surface area contributed by atoms with Gasteiger partial charge in [0.05, 0.1) is 0 Å². The molecule has 108 valence electrons. The zero-order valence-corrected chi connectivity index (χ0v) is 11.9. The molecule has 2 fully saturated rings. The number of nitrogens with one attached hydrogen (secondary N) is 2. The van der Waals surface area contributed by atoms with Crippen LogP contribution in [0.4, 0.5) is 5.82 Å². The molecule has 6 nitrogen and oxygen atoms in total. The second kappa shape index (κ2) is 5.55. The molecule has 0 bridgehead atoms. The number of fused-ring (bicyclic) bond motifs is 1. The number of carbonyl (C=O) groups excluding carboxylic acids is 1. The zero-order valence-electron chi connectivity index (χ0n) is 11.1. The number of rotatable bonds is 3. The van der Waals surface area contributed by atoms with Crippen LogP contribution in [0.5, 0.6) is 0 Å². The second-order valence-electron chi connectivity index (χ2n) is 5.32. The molecule has 0 aromatic carbocycles. The first-order valence-corrected chi connectivity index (χ1v) is 7.24. The van der Waals surface area contributed by atoms with Gasteiger partial charge < -0.3 is 10.7 Å². The van der Waals surface area contributed by atoms with Gasteiger partial charge >= 0.3 is 0 Å². The van der Waals surface area contributed by atoms with Crippen molar-refractivity contribution in [1.82, 2.24) is 15.2 Å². The Balaban J connectivity index is 1.71. The summed E-state index contributed by atoms with van der Waals surface area (Å²) in [4.78, 5) is 18.7. The van der Waals surface area contributed by atoms with Crippen molar-refractivity contribution in [3.63, 3.8) is 0 Å². The Labute approximate surface area is 122 Å². The molecule has 2 aliphatic heterocycles. The van der Waals surface area contributed by atoms with Gasteiger partial charge in [0.1, 0.15) is 11.0 Å². The fourth-order valence-corrected chi connectivity index (χ4v) is 3.41. The van der Waals surface area contributed by atoms with Gasteiger partial charge in [-0.3, -0.25) is 9.69 Å². The van der Waals surface area contributed by atoms with E-state index in [-0.39, 0.29) is 17.1 Å². The van der Waals surface area contributed by atoms with Crippen molar-refractivity contribution in [2.75, 3.05) is 18.5 Å². The molecule has 3 rings (SSSR count). The van der Waals surface area contributed by atoms with E-state index in [1.807, 2.05) is 0 Å². The Morgan fingerprint density at radius 2 is 2.25 bits per heavy atom. The number of halogens is 1. The molecule has 2 aliphatic rings. The molecule has 0 spiro atoms. The van der Waals surface area contributed by atoms with E-state index in [4.69, 9.17) is 17.4 Å². The van der Waals surface area contributed by atoms with Crippen molar-refractivity contribution >= 4 is 23.3 Å². The third-order valence-corrected chi connectivity index (χ3v) is 4.32. The number of pyridine rings is 1. The standard InChI is InChI=1S/C13H18ClN5O/c14-11-6-8(7-12(17-11)18-15)13(20)16-9-3-5-19-4-1-2-10(9)19/h6-7,9-10H,1-5,15H2,(H,16,20)(H,17,18). The third-order valence-electron chi connectivity index (χ3n) is 4.13. The predicted octanol–water partition coefficient (Wildman–Crippen LogP) is 0.987. The fraction of sp³-hybridized carbons (Fsp3) is 0.538. The number of hydrogen-bond donors (Lipinski definition) is 3. The minimum atomic E-state index is -0.121. The number of anilines is 1. The Bertz CT molecular complexity index is 523. The summed E-state index contributed by atoms with van der Waals surface area (Å²) in [6, 6.07) is 3.87. The van der Waals surface area contributed by atoms with Crippen LogP contribution in [0, 0.1) is 0 Å². The van der Waals surface area contributed by atoms with Crippen molar-refractivity contribution in [2.45, 2.75) is 31.3 Å². The first kappa shape index (κ1) is 13.6. The highest BCUT2D eigenvalue weighted by molar-refractivity contribution is 6.29. The lowest BCUT2D eigenvalue weighted by atomic mass is 10.1. The minimum Gasteiger partial charge on any atom is -0.348 e. The van der Waals surface area contributed by atoms with E-state index in [1.54, 1.807) is 12.1 Å². The Kier molecular flexibility index (Phi) is 3.78. The largest absolute Gasteiger partial charge is 0.348 e. The van der Waals surface area contributed by atoms with Crippen molar-refractivity contribution in [3.05, 3.63) is 22.8 Å². The third kappa shape index (κ3) is 2.59. The molecule has 20 heavy (non-hydrogen) atoms. The predicted molar refractivity (Wildman–Crippen MR) is 77.5 cm³/mol. The van der Waals surface area contributed by atoms with Crippen LogP contribution >= 0.6 is 11.6 Å². The van der Waals surface area contributed by atoms with Crippen LogP contribution in [-0.4, -0.2) is 41.0 Å². The van der Waals surface area contributed by atoms with Crippen molar-refractivity contribution in [1.29, 1.82) is 0 Å². The maximum Gasteiger partial charge on any atom is 0.251 e. The number of aromatic nitrogens is 1. The first-order valence-electron chi connectivity index (χ1n) is 6.86. The molecule has 4 N–H and O–H groups in total. The quantitative estimate of drug-likeness (QED) is 0.440. The fourth-order valence-electron chi connectivity index (χ4n) is 3.20. The summed E-state index contributed by atoms with van der Waals surface area (Å²) in [5, 5.41) is 3.36. The van der Waals surface area contributed by atoms with E-state index >= 15 is 0 Å². The number of nitrogens with zero attached hydrogens (tertiary/aromatic N) is 2. The average molecular weight is 296 g/mol. The van der Waals surface area contributed by atoms with Gasteiger partial charge in [0, 0.05) is 24.2 Å². The molecule has 1 amide bonds. The highest BCUT2D eigenvalue weighted by Crippen LogP contribution is 2.28. The lowest BCUT2D eigenvalue weighted by Crippen LogP contribution is -2.42. The summed E-state index contributed by atoms with van der Waals surface area (Å²) in [6.07, 6.45) is 3.40. The van der Waals surface area contributed by atoms with Gasteiger partial charge in [0.15, 0.2) is 0 Å². The van der Waals surface area contributed by atoms with Gasteiger partial charge in [0.25, 0.3) is 5.91 Å². The SMILES string of the molecule is NNc1cc(C(=O)NC2CCN3CCCC23)cc(Cl)n1. The topological polar surface area (TPSA) is 83.3 Å². The molecule has 2 atom stereocenters. The summed E-state index contributed by atoms with van der Waals surface area (Å²) < 4.78 is 0. The van der Waals surface area contributed by atoms with Crippen LogP contribution in [0.25, 0.3) is 0 Å². The molecule has 3 heterocycles. The monoisotopic (exact) mass is 295 g/mol. The molecular weight excluding hydrogens is 278 g/mol. The van der Waals surface area contributed by atoms with Crippen LogP contribution in [0.15, 0.2) is 12.1 Å². The minimum absolute atomic E-state index is 0.121. The number of nitrogen functional groups attached to an aromatic ring is 1. The summed E-state index contributed by atoms with van der Waals surface area (Å²) in [5.41, 5.74) is 2.89. The number of nitrogens with two attached hydrogens (primary N) is 1. The van der Waals surface area contributed by atoms with Gasteiger partial charge in [-0.25, -0.2) is 10.8 Å². The van der Waals surface area contributed by atoms with E-state index < -0.39 is 0 Å². The maximum absolute atomic E-state index is 12.3. The zero-order chi connectivity index (χ0) is 14.1. The number of hydrazine groups is 1. The molecule has 1 aromatic rings. The van der Waals surface area contributed by atoms with E-state index in [9.17, 15) is 4.79 Å². The molecule has 0 aliphatic carbocycles.